The molecule has 2 heterocycles. The molecule has 1 aromatic carbocycles. The van der Waals surface area contributed by atoms with Crippen LogP contribution in [-0.4, -0.2) is 15.9 Å². The van der Waals surface area contributed by atoms with Crippen molar-refractivity contribution in [3.63, 3.8) is 0 Å². The van der Waals surface area contributed by atoms with Crippen LogP contribution in [0.4, 0.5) is 15.9 Å². The number of nitrogens with two attached hydrogens (primary N) is 1. The SMILES string of the molecule is Cc1ccncc1-c1cc2cc(NC(=O)/C=C3\C[C@@H]4[C@@H](C#N)[C@@H]4C3)ncc2c(N)c1F. The van der Waals surface area contributed by atoms with Gasteiger partial charge in [-0.3, -0.25) is 9.78 Å². The van der Waals surface area contributed by atoms with Crippen molar-refractivity contribution < 1.29 is 9.18 Å². The lowest BCUT2D eigenvalue weighted by Gasteiger charge is -2.12. The van der Waals surface area contributed by atoms with E-state index < -0.39 is 5.82 Å². The number of fused-ring (bicyclic) bond motifs is 2. The Morgan fingerprint density at radius 1 is 1.29 bits per heavy atom. The highest BCUT2D eigenvalue weighted by molar-refractivity contribution is 6.02. The summed E-state index contributed by atoms with van der Waals surface area (Å²) in [6, 6.07) is 7.52. The number of amides is 1. The standard InChI is InChI=1S/C24H20FN5O/c1-12-2-3-28-10-19(12)17-7-14-8-21(29-11-20(14)24(27)23(17)25)30-22(31)6-13-4-15-16(5-13)18(15)9-26/h2-3,6-8,10-11,15-16,18H,4-5,27H2,1H3,(H,29,30,31)/b13-6-/t15-,16+,18+/m1/s1. The summed E-state index contributed by atoms with van der Waals surface area (Å²) in [6.07, 6.45) is 7.96. The van der Waals surface area contributed by atoms with Crippen molar-refractivity contribution in [3.8, 4) is 17.2 Å². The molecular formula is C24H20FN5O. The zero-order chi connectivity index (χ0) is 21.7. The van der Waals surface area contributed by atoms with Crippen molar-refractivity contribution in [2.45, 2.75) is 19.8 Å². The number of halogens is 1. The Morgan fingerprint density at radius 3 is 2.77 bits per heavy atom. The maximum Gasteiger partial charge on any atom is 0.249 e. The Hall–Kier alpha value is -3.79. The molecule has 3 atom stereocenters. The number of anilines is 2. The maximum absolute atomic E-state index is 14.9. The summed E-state index contributed by atoms with van der Waals surface area (Å²) >= 11 is 0. The van der Waals surface area contributed by atoms with Gasteiger partial charge in [-0.15, -0.1) is 0 Å². The number of hydrogen-bond donors (Lipinski definition) is 2. The summed E-state index contributed by atoms with van der Waals surface area (Å²) in [4.78, 5) is 20.8. The van der Waals surface area contributed by atoms with Crippen LogP contribution in [0.2, 0.25) is 0 Å². The number of nitrogens with one attached hydrogen (secondary N) is 1. The fourth-order valence-corrected chi connectivity index (χ4v) is 4.66. The number of nitrogen functional groups attached to an aromatic ring is 1. The van der Waals surface area contributed by atoms with Gasteiger partial charge in [0.15, 0.2) is 5.82 Å². The van der Waals surface area contributed by atoms with E-state index in [-0.39, 0.29) is 17.5 Å². The average molecular weight is 413 g/mol. The first-order valence-corrected chi connectivity index (χ1v) is 10.1. The molecule has 2 fully saturated rings. The van der Waals surface area contributed by atoms with E-state index in [9.17, 15) is 9.18 Å². The van der Waals surface area contributed by atoms with E-state index in [0.717, 1.165) is 24.0 Å². The van der Waals surface area contributed by atoms with Crippen molar-refractivity contribution in [2.24, 2.45) is 17.8 Å². The van der Waals surface area contributed by atoms with E-state index in [0.29, 0.717) is 39.6 Å². The van der Waals surface area contributed by atoms with Gasteiger partial charge in [-0.25, -0.2) is 9.37 Å². The molecule has 154 valence electrons. The summed E-state index contributed by atoms with van der Waals surface area (Å²) in [7, 11) is 0. The number of nitrogens with zero attached hydrogens (tertiary/aromatic N) is 3. The number of hydrogen-bond acceptors (Lipinski definition) is 5. The molecule has 2 aromatic heterocycles. The molecule has 31 heavy (non-hydrogen) atoms. The Balaban J connectivity index is 1.42. The molecule has 1 amide bonds. The van der Waals surface area contributed by atoms with Crippen LogP contribution in [0.25, 0.3) is 21.9 Å². The number of nitriles is 1. The van der Waals surface area contributed by atoms with Crippen LogP contribution in [0, 0.1) is 41.8 Å². The number of carbonyl (C=O) groups excluding carboxylic acids is 1. The minimum Gasteiger partial charge on any atom is -0.396 e. The van der Waals surface area contributed by atoms with Crippen molar-refractivity contribution in [2.75, 3.05) is 11.1 Å². The number of benzene rings is 1. The van der Waals surface area contributed by atoms with Crippen LogP contribution in [0.15, 0.2) is 48.4 Å². The molecule has 0 saturated heterocycles. The smallest absolute Gasteiger partial charge is 0.249 e. The van der Waals surface area contributed by atoms with Gasteiger partial charge in [-0.1, -0.05) is 5.57 Å². The normalized spacial score (nSPS) is 22.9. The number of aryl methyl sites for hydroxylation is 1. The van der Waals surface area contributed by atoms with Gasteiger partial charge in [0.2, 0.25) is 5.91 Å². The van der Waals surface area contributed by atoms with Gasteiger partial charge in [0.1, 0.15) is 5.82 Å². The Kier molecular flexibility index (Phi) is 4.44. The largest absolute Gasteiger partial charge is 0.396 e. The summed E-state index contributed by atoms with van der Waals surface area (Å²) in [5, 5.41) is 13.0. The highest BCUT2D eigenvalue weighted by Crippen LogP contribution is 2.59. The molecule has 2 aliphatic rings. The second-order valence-electron chi connectivity index (χ2n) is 8.32. The second-order valence-corrected chi connectivity index (χ2v) is 8.32. The van der Waals surface area contributed by atoms with Crippen LogP contribution in [-0.2, 0) is 4.79 Å². The van der Waals surface area contributed by atoms with E-state index in [1.165, 1.54) is 6.20 Å². The fourth-order valence-electron chi connectivity index (χ4n) is 4.66. The van der Waals surface area contributed by atoms with Gasteiger partial charge in [-0.05, 0) is 60.7 Å². The summed E-state index contributed by atoms with van der Waals surface area (Å²) in [6.45, 7) is 1.88. The maximum atomic E-state index is 14.9. The molecule has 0 unspecified atom stereocenters. The van der Waals surface area contributed by atoms with Crippen LogP contribution < -0.4 is 11.1 Å². The minimum atomic E-state index is -0.512. The summed E-state index contributed by atoms with van der Waals surface area (Å²) < 4.78 is 14.9. The Bertz CT molecular complexity index is 1300. The van der Waals surface area contributed by atoms with Crippen LogP contribution in [0.1, 0.15) is 18.4 Å². The van der Waals surface area contributed by atoms with Gasteiger partial charge in [0, 0.05) is 41.2 Å². The van der Waals surface area contributed by atoms with Gasteiger partial charge < -0.3 is 11.1 Å². The molecule has 2 aliphatic carbocycles. The summed E-state index contributed by atoms with van der Waals surface area (Å²) in [5.41, 5.74) is 9.04. The zero-order valence-electron chi connectivity index (χ0n) is 16.9. The Morgan fingerprint density at radius 2 is 2.06 bits per heavy atom. The average Bonchev–Trinajstić information content (AvgIpc) is 3.23. The molecule has 7 heteroatoms. The van der Waals surface area contributed by atoms with Gasteiger partial charge in [-0.2, -0.15) is 5.26 Å². The third kappa shape index (κ3) is 3.30. The molecule has 0 aliphatic heterocycles. The molecule has 3 N–H and O–H groups in total. The number of rotatable bonds is 3. The lowest BCUT2D eigenvalue weighted by atomic mass is 9.98. The molecule has 5 rings (SSSR count). The predicted molar refractivity (Wildman–Crippen MR) is 116 cm³/mol. The van der Waals surface area contributed by atoms with E-state index >= 15 is 0 Å². The molecule has 2 saturated carbocycles. The predicted octanol–water partition coefficient (Wildman–Crippen LogP) is 4.37. The summed E-state index contributed by atoms with van der Waals surface area (Å²) in [5.74, 6) is 0.584. The van der Waals surface area contributed by atoms with E-state index in [4.69, 9.17) is 11.0 Å². The van der Waals surface area contributed by atoms with E-state index in [1.807, 2.05) is 13.0 Å². The molecular weight excluding hydrogens is 393 g/mol. The van der Waals surface area contributed by atoms with Crippen LogP contribution in [0.3, 0.4) is 0 Å². The first-order valence-electron chi connectivity index (χ1n) is 10.1. The molecule has 0 bridgehead atoms. The lowest BCUT2D eigenvalue weighted by Crippen LogP contribution is -2.10. The first-order chi connectivity index (χ1) is 15.0. The molecule has 3 aromatic rings. The van der Waals surface area contributed by atoms with Gasteiger partial charge in [0.25, 0.3) is 0 Å². The number of carbonyl (C=O) groups is 1. The fraction of sp³-hybridized carbons (Fsp3) is 0.250. The van der Waals surface area contributed by atoms with Crippen molar-refractivity contribution in [1.29, 1.82) is 5.26 Å². The van der Waals surface area contributed by atoms with Gasteiger partial charge in [0.05, 0.1) is 17.7 Å². The second kappa shape index (κ2) is 7.17. The van der Waals surface area contributed by atoms with Gasteiger partial charge >= 0.3 is 0 Å². The first kappa shape index (κ1) is 19.2. The Labute approximate surface area is 178 Å². The van der Waals surface area contributed by atoms with E-state index in [2.05, 4.69) is 21.4 Å². The third-order valence-corrected chi connectivity index (χ3v) is 6.39. The topological polar surface area (TPSA) is 105 Å². The highest BCUT2D eigenvalue weighted by atomic mass is 19.1. The number of pyridine rings is 2. The zero-order valence-corrected chi connectivity index (χ0v) is 16.9. The quantitative estimate of drug-likeness (QED) is 0.490. The number of aromatic nitrogens is 2. The van der Waals surface area contributed by atoms with Crippen molar-refractivity contribution in [1.82, 2.24) is 9.97 Å². The van der Waals surface area contributed by atoms with Crippen molar-refractivity contribution in [3.05, 3.63) is 59.8 Å². The molecule has 0 radical (unpaired) electrons. The third-order valence-electron chi connectivity index (χ3n) is 6.39. The minimum absolute atomic E-state index is 0.0143. The lowest BCUT2D eigenvalue weighted by molar-refractivity contribution is -0.112. The monoisotopic (exact) mass is 413 g/mol. The number of allylic oxidation sites excluding steroid dienone is 1. The molecule has 0 spiro atoms. The van der Waals surface area contributed by atoms with Crippen LogP contribution in [0.5, 0.6) is 0 Å². The molecule has 6 nitrogen and oxygen atoms in total. The van der Waals surface area contributed by atoms with E-state index in [1.54, 1.807) is 30.6 Å². The highest BCUT2D eigenvalue weighted by Gasteiger charge is 2.54. The van der Waals surface area contributed by atoms with Crippen LogP contribution >= 0.6 is 0 Å². The van der Waals surface area contributed by atoms with Crippen molar-refractivity contribution >= 4 is 28.2 Å².